The van der Waals surface area contributed by atoms with Crippen molar-refractivity contribution in [2.24, 2.45) is 5.92 Å². The average Bonchev–Trinajstić information content (AvgIpc) is 2.46. The van der Waals surface area contributed by atoms with Gasteiger partial charge < -0.3 is 10.2 Å². The molecule has 20 heavy (non-hydrogen) atoms. The molecule has 1 unspecified atom stereocenters. The number of carboxylic acids is 1. The summed E-state index contributed by atoms with van der Waals surface area (Å²) < 4.78 is 0. The number of hydrogen-bond donors (Lipinski definition) is 2. The van der Waals surface area contributed by atoms with Gasteiger partial charge in [0.05, 0.1) is 5.92 Å². The summed E-state index contributed by atoms with van der Waals surface area (Å²) in [6.07, 6.45) is 2.20. The first-order valence-electron chi connectivity index (χ1n) is 7.04. The molecule has 2 rings (SSSR count). The molecule has 0 amide bonds. The molecule has 0 heterocycles. The minimum absolute atomic E-state index is 0.206. The molecule has 1 aliphatic carbocycles. The fraction of sp³-hybridized carbons (Fsp3) is 0.500. The highest BCUT2D eigenvalue weighted by atomic mass is 16.4. The number of rotatable bonds is 4. The average molecular weight is 276 g/mol. The molecule has 2 N–H and O–H groups in total. The van der Waals surface area contributed by atoms with E-state index in [4.69, 9.17) is 5.11 Å². The van der Waals surface area contributed by atoms with Gasteiger partial charge in [-0.3, -0.25) is 9.59 Å². The number of carbonyl (C=O) groups excluding carboxylic acids is 1. The lowest BCUT2D eigenvalue weighted by Gasteiger charge is -2.26. The maximum absolute atomic E-state index is 11.6. The Morgan fingerprint density at radius 2 is 1.65 bits per heavy atom. The fourth-order valence-corrected chi connectivity index (χ4v) is 2.83. The summed E-state index contributed by atoms with van der Waals surface area (Å²) in [5, 5.41) is 18.3. The molecule has 1 aromatic rings. The zero-order valence-electron chi connectivity index (χ0n) is 11.6. The number of Topliss-reactive ketones (excluding diaryl/α,β-unsaturated/α-hetero) is 1. The second-order valence-electron chi connectivity index (χ2n) is 5.55. The van der Waals surface area contributed by atoms with E-state index < -0.39 is 12.1 Å². The van der Waals surface area contributed by atoms with Crippen LogP contribution in [0, 0.1) is 5.92 Å². The van der Waals surface area contributed by atoms with Gasteiger partial charge in [-0.2, -0.15) is 0 Å². The number of carboxylic acid groups (broad SMARTS) is 1. The SMILES string of the molecule is CC(O)C(=O)c1ccc(C2CCC(C(=O)O)CC2)cc1. The van der Waals surface area contributed by atoms with E-state index in [0.29, 0.717) is 24.3 Å². The Hall–Kier alpha value is -1.68. The van der Waals surface area contributed by atoms with Crippen LogP contribution >= 0.6 is 0 Å². The van der Waals surface area contributed by atoms with Gasteiger partial charge in [-0.05, 0) is 44.1 Å². The Morgan fingerprint density at radius 1 is 1.10 bits per heavy atom. The van der Waals surface area contributed by atoms with Crippen molar-refractivity contribution in [1.82, 2.24) is 0 Å². The predicted molar refractivity (Wildman–Crippen MR) is 74.8 cm³/mol. The molecule has 0 bridgehead atoms. The van der Waals surface area contributed by atoms with Crippen molar-refractivity contribution >= 4 is 11.8 Å². The molecule has 1 aromatic carbocycles. The van der Waals surface area contributed by atoms with Gasteiger partial charge >= 0.3 is 5.97 Å². The Morgan fingerprint density at radius 3 is 2.10 bits per heavy atom. The number of carbonyl (C=O) groups is 2. The Labute approximate surface area is 118 Å². The predicted octanol–water partition coefficient (Wildman–Crippen LogP) is 2.61. The number of benzene rings is 1. The van der Waals surface area contributed by atoms with Gasteiger partial charge in [0.15, 0.2) is 5.78 Å². The van der Waals surface area contributed by atoms with E-state index >= 15 is 0 Å². The number of aliphatic hydroxyl groups excluding tert-OH is 1. The Balaban J connectivity index is 2.01. The van der Waals surface area contributed by atoms with Crippen molar-refractivity contribution in [2.75, 3.05) is 0 Å². The first-order chi connectivity index (χ1) is 9.49. The summed E-state index contributed by atoms with van der Waals surface area (Å²) in [4.78, 5) is 22.6. The van der Waals surface area contributed by atoms with Crippen molar-refractivity contribution in [3.63, 3.8) is 0 Å². The van der Waals surface area contributed by atoms with Crippen molar-refractivity contribution in [1.29, 1.82) is 0 Å². The molecular formula is C16H20O4. The van der Waals surface area contributed by atoms with Crippen LogP contribution in [0.4, 0.5) is 0 Å². The highest BCUT2D eigenvalue weighted by Gasteiger charge is 2.26. The molecule has 108 valence electrons. The molecule has 1 fully saturated rings. The number of hydrogen-bond acceptors (Lipinski definition) is 3. The molecule has 0 aromatic heterocycles. The van der Waals surface area contributed by atoms with Crippen LogP contribution in [0.5, 0.6) is 0 Å². The van der Waals surface area contributed by atoms with Crippen molar-refractivity contribution in [2.45, 2.75) is 44.6 Å². The Bertz CT molecular complexity index is 482. The summed E-state index contributed by atoms with van der Waals surface area (Å²) in [5.74, 6) is -0.795. The first kappa shape index (κ1) is 14.7. The van der Waals surface area contributed by atoms with E-state index in [2.05, 4.69) is 0 Å². The van der Waals surface area contributed by atoms with E-state index in [9.17, 15) is 14.7 Å². The molecule has 0 aliphatic heterocycles. The smallest absolute Gasteiger partial charge is 0.306 e. The van der Waals surface area contributed by atoms with Crippen LogP contribution in [0.2, 0.25) is 0 Å². The molecule has 4 nitrogen and oxygen atoms in total. The van der Waals surface area contributed by atoms with Gasteiger partial charge in [0.1, 0.15) is 6.10 Å². The molecule has 0 spiro atoms. The minimum Gasteiger partial charge on any atom is -0.481 e. The quantitative estimate of drug-likeness (QED) is 0.829. The topological polar surface area (TPSA) is 74.6 Å². The van der Waals surface area contributed by atoms with Crippen molar-refractivity contribution in [3.8, 4) is 0 Å². The maximum Gasteiger partial charge on any atom is 0.306 e. The van der Waals surface area contributed by atoms with E-state index in [1.165, 1.54) is 6.92 Å². The highest BCUT2D eigenvalue weighted by Crippen LogP contribution is 2.35. The van der Waals surface area contributed by atoms with E-state index in [0.717, 1.165) is 18.4 Å². The van der Waals surface area contributed by atoms with Gasteiger partial charge in [-0.25, -0.2) is 0 Å². The van der Waals surface area contributed by atoms with Gasteiger partial charge in [0.25, 0.3) is 0 Å². The van der Waals surface area contributed by atoms with Gasteiger partial charge in [0, 0.05) is 5.56 Å². The molecular weight excluding hydrogens is 256 g/mol. The minimum atomic E-state index is -0.980. The third-order valence-corrected chi connectivity index (χ3v) is 4.12. The summed E-state index contributed by atoms with van der Waals surface area (Å²) in [6, 6.07) is 7.32. The van der Waals surface area contributed by atoms with E-state index in [-0.39, 0.29) is 11.7 Å². The van der Waals surface area contributed by atoms with Gasteiger partial charge in [0.2, 0.25) is 0 Å². The summed E-state index contributed by atoms with van der Waals surface area (Å²) >= 11 is 0. The largest absolute Gasteiger partial charge is 0.481 e. The first-order valence-corrected chi connectivity index (χ1v) is 7.04. The normalized spacial score (nSPS) is 24.1. The molecule has 4 heteroatoms. The molecule has 0 saturated heterocycles. The molecule has 0 radical (unpaired) electrons. The third-order valence-electron chi connectivity index (χ3n) is 4.12. The van der Waals surface area contributed by atoms with Crippen molar-refractivity contribution < 1.29 is 19.8 Å². The van der Waals surface area contributed by atoms with Crippen LogP contribution in [0.15, 0.2) is 24.3 Å². The van der Waals surface area contributed by atoms with Crippen LogP contribution in [0.1, 0.15) is 54.4 Å². The zero-order chi connectivity index (χ0) is 14.7. The lowest BCUT2D eigenvalue weighted by molar-refractivity contribution is -0.142. The van der Waals surface area contributed by atoms with E-state index in [1.807, 2.05) is 12.1 Å². The van der Waals surface area contributed by atoms with Crippen LogP contribution in [0.3, 0.4) is 0 Å². The zero-order valence-corrected chi connectivity index (χ0v) is 11.6. The second kappa shape index (κ2) is 6.18. The number of aliphatic hydroxyl groups is 1. The van der Waals surface area contributed by atoms with Gasteiger partial charge in [-0.15, -0.1) is 0 Å². The summed E-state index contributed by atoms with van der Waals surface area (Å²) in [7, 11) is 0. The monoisotopic (exact) mass is 276 g/mol. The summed E-state index contributed by atoms with van der Waals surface area (Å²) in [6.45, 7) is 1.46. The van der Waals surface area contributed by atoms with Crippen LogP contribution in [-0.4, -0.2) is 28.1 Å². The molecule has 1 atom stereocenters. The Kier molecular flexibility index (Phi) is 4.55. The maximum atomic E-state index is 11.6. The molecule has 1 saturated carbocycles. The third kappa shape index (κ3) is 3.25. The lowest BCUT2D eigenvalue weighted by atomic mass is 9.78. The number of aliphatic carboxylic acids is 1. The van der Waals surface area contributed by atoms with Crippen LogP contribution in [0.25, 0.3) is 0 Å². The van der Waals surface area contributed by atoms with E-state index in [1.54, 1.807) is 12.1 Å². The highest BCUT2D eigenvalue weighted by molar-refractivity contribution is 5.99. The van der Waals surface area contributed by atoms with Crippen LogP contribution in [-0.2, 0) is 4.79 Å². The van der Waals surface area contributed by atoms with Gasteiger partial charge in [-0.1, -0.05) is 24.3 Å². The summed E-state index contributed by atoms with van der Waals surface area (Å²) in [5.41, 5.74) is 1.67. The standard InChI is InChI=1S/C16H20O4/c1-10(17)15(18)13-6-2-11(3-7-13)12-4-8-14(9-5-12)16(19)20/h2-3,6-7,10,12,14,17H,4-5,8-9H2,1H3,(H,19,20). The molecule has 1 aliphatic rings. The number of ketones is 1. The fourth-order valence-electron chi connectivity index (χ4n) is 2.83. The van der Waals surface area contributed by atoms with Crippen molar-refractivity contribution in [3.05, 3.63) is 35.4 Å². The second-order valence-corrected chi connectivity index (χ2v) is 5.55. The van der Waals surface area contributed by atoms with Crippen LogP contribution < -0.4 is 0 Å². The lowest BCUT2D eigenvalue weighted by Crippen LogP contribution is -2.20.